The third kappa shape index (κ3) is 3.42. The van der Waals surface area contributed by atoms with Crippen molar-refractivity contribution in [3.63, 3.8) is 0 Å². The fraction of sp³-hybridized carbons (Fsp3) is 0.200. The van der Waals surface area contributed by atoms with Crippen molar-refractivity contribution in [1.29, 1.82) is 0 Å². The van der Waals surface area contributed by atoms with Crippen LogP contribution in [0.2, 0.25) is 0 Å². The highest BCUT2D eigenvalue weighted by Crippen LogP contribution is 2.33. The lowest BCUT2D eigenvalue weighted by molar-refractivity contribution is 0.171. The van der Waals surface area contributed by atoms with Crippen LogP contribution in [-0.2, 0) is 13.0 Å². The summed E-state index contributed by atoms with van der Waals surface area (Å²) in [4.78, 5) is 22.1. The number of aromatic nitrogens is 5. The van der Waals surface area contributed by atoms with E-state index in [4.69, 9.17) is 14.2 Å². The SMILES string of the molecule is COc1ccccc1CCn1ccc2c(cnc3nc(-c4ccc5c(c4)OCCO5)nn32)c1=O. The normalized spacial score (nSPS) is 12.9. The van der Waals surface area contributed by atoms with E-state index < -0.39 is 0 Å². The molecule has 0 radical (unpaired) electrons. The molecule has 0 atom stereocenters. The molecule has 170 valence electrons. The quantitative estimate of drug-likeness (QED) is 0.402. The van der Waals surface area contributed by atoms with E-state index in [0.717, 1.165) is 16.9 Å². The Balaban J connectivity index is 1.35. The van der Waals surface area contributed by atoms with Crippen LogP contribution in [0.5, 0.6) is 17.2 Å². The molecule has 6 rings (SSSR count). The maximum atomic E-state index is 13.2. The Bertz CT molecular complexity index is 1590. The molecule has 0 spiro atoms. The van der Waals surface area contributed by atoms with Crippen LogP contribution >= 0.6 is 0 Å². The highest BCUT2D eigenvalue weighted by molar-refractivity contribution is 5.79. The molecule has 34 heavy (non-hydrogen) atoms. The second kappa shape index (κ2) is 8.18. The summed E-state index contributed by atoms with van der Waals surface area (Å²) in [6.07, 6.45) is 4.02. The molecule has 9 nitrogen and oxygen atoms in total. The van der Waals surface area contributed by atoms with Crippen LogP contribution in [0.25, 0.3) is 28.1 Å². The Labute approximate surface area is 194 Å². The molecule has 0 bridgehead atoms. The molecule has 0 saturated carbocycles. The van der Waals surface area contributed by atoms with Gasteiger partial charge in [-0.1, -0.05) is 18.2 Å². The predicted molar refractivity (Wildman–Crippen MR) is 126 cm³/mol. The van der Waals surface area contributed by atoms with Gasteiger partial charge in [0.05, 0.1) is 18.0 Å². The molecule has 0 unspecified atom stereocenters. The van der Waals surface area contributed by atoms with Crippen molar-refractivity contribution in [2.75, 3.05) is 20.3 Å². The Kier molecular flexibility index (Phi) is 4.87. The summed E-state index contributed by atoms with van der Waals surface area (Å²) in [7, 11) is 1.65. The Morgan fingerprint density at radius 3 is 2.79 bits per heavy atom. The first kappa shape index (κ1) is 20.2. The zero-order valence-electron chi connectivity index (χ0n) is 18.5. The fourth-order valence-corrected chi connectivity index (χ4v) is 4.19. The van der Waals surface area contributed by atoms with Gasteiger partial charge in [-0.25, -0.2) is 4.98 Å². The van der Waals surface area contributed by atoms with E-state index in [1.165, 1.54) is 0 Å². The maximum absolute atomic E-state index is 13.2. The van der Waals surface area contributed by atoms with Gasteiger partial charge >= 0.3 is 0 Å². The predicted octanol–water partition coefficient (Wildman–Crippen LogP) is 3.13. The molecule has 0 fully saturated rings. The molecule has 4 heterocycles. The molecule has 5 aromatic rings. The van der Waals surface area contributed by atoms with Crippen molar-refractivity contribution in [2.24, 2.45) is 0 Å². The third-order valence-corrected chi connectivity index (χ3v) is 5.92. The van der Waals surface area contributed by atoms with Gasteiger partial charge < -0.3 is 18.8 Å². The van der Waals surface area contributed by atoms with Crippen molar-refractivity contribution in [3.8, 4) is 28.6 Å². The first-order valence-corrected chi connectivity index (χ1v) is 11.0. The topological polar surface area (TPSA) is 92.8 Å². The number of hydrogen-bond acceptors (Lipinski definition) is 7. The van der Waals surface area contributed by atoms with E-state index in [-0.39, 0.29) is 5.56 Å². The van der Waals surface area contributed by atoms with Gasteiger partial charge in [-0.05, 0) is 42.3 Å². The van der Waals surface area contributed by atoms with Gasteiger partial charge in [0, 0.05) is 24.5 Å². The van der Waals surface area contributed by atoms with Crippen molar-refractivity contribution in [2.45, 2.75) is 13.0 Å². The van der Waals surface area contributed by atoms with E-state index in [9.17, 15) is 4.79 Å². The van der Waals surface area contributed by atoms with Gasteiger partial charge in [-0.15, -0.1) is 5.10 Å². The van der Waals surface area contributed by atoms with Crippen LogP contribution in [0.4, 0.5) is 0 Å². The van der Waals surface area contributed by atoms with Crippen molar-refractivity contribution in [3.05, 3.63) is 76.8 Å². The summed E-state index contributed by atoms with van der Waals surface area (Å²) in [5, 5.41) is 5.11. The molecular formula is C25H21N5O4. The first-order valence-electron chi connectivity index (χ1n) is 11.0. The lowest BCUT2D eigenvalue weighted by atomic mass is 10.1. The van der Waals surface area contributed by atoms with Gasteiger partial charge in [0.2, 0.25) is 0 Å². The van der Waals surface area contributed by atoms with Crippen LogP contribution < -0.4 is 19.8 Å². The smallest absolute Gasteiger partial charge is 0.261 e. The molecule has 9 heteroatoms. The molecule has 1 aliphatic rings. The summed E-state index contributed by atoms with van der Waals surface area (Å²) < 4.78 is 20.0. The standard InChI is InChI=1S/C25H21N5O4/c1-32-20-5-3-2-4-16(20)8-10-29-11-9-19-18(24(29)31)15-26-25-27-23(28-30(19)25)17-6-7-21-22(14-17)34-13-12-33-21/h2-7,9,11,14-15H,8,10,12-13H2,1H3. The number of benzene rings is 2. The number of nitrogens with zero attached hydrogens (tertiary/aromatic N) is 5. The first-order chi connectivity index (χ1) is 16.7. The third-order valence-electron chi connectivity index (χ3n) is 5.92. The number of aryl methyl sites for hydroxylation is 2. The van der Waals surface area contributed by atoms with E-state index >= 15 is 0 Å². The molecule has 1 aliphatic heterocycles. The molecule has 0 aliphatic carbocycles. The minimum atomic E-state index is -0.127. The van der Waals surface area contributed by atoms with Crippen LogP contribution in [0, 0.1) is 0 Å². The van der Waals surface area contributed by atoms with Crippen LogP contribution in [0.3, 0.4) is 0 Å². The summed E-state index contributed by atoms with van der Waals surface area (Å²) in [5.74, 6) is 3.10. The van der Waals surface area contributed by atoms with Crippen LogP contribution in [-0.4, -0.2) is 44.5 Å². The second-order valence-corrected chi connectivity index (χ2v) is 7.94. The number of para-hydroxylation sites is 1. The van der Waals surface area contributed by atoms with Crippen molar-refractivity contribution < 1.29 is 14.2 Å². The Morgan fingerprint density at radius 1 is 1.06 bits per heavy atom. The van der Waals surface area contributed by atoms with E-state index in [1.807, 2.05) is 48.5 Å². The molecule has 2 aromatic carbocycles. The monoisotopic (exact) mass is 455 g/mol. The van der Waals surface area contributed by atoms with E-state index in [2.05, 4.69) is 15.1 Å². The van der Waals surface area contributed by atoms with Crippen LogP contribution in [0.15, 0.2) is 65.7 Å². The van der Waals surface area contributed by atoms with Gasteiger partial charge in [0.25, 0.3) is 11.3 Å². The summed E-state index contributed by atoms with van der Waals surface area (Å²) >= 11 is 0. The highest BCUT2D eigenvalue weighted by atomic mass is 16.6. The number of methoxy groups -OCH3 is 1. The number of pyridine rings is 1. The van der Waals surface area contributed by atoms with E-state index in [0.29, 0.717) is 60.2 Å². The summed E-state index contributed by atoms with van der Waals surface area (Å²) in [6, 6.07) is 15.3. The van der Waals surface area contributed by atoms with Crippen LogP contribution in [0.1, 0.15) is 5.56 Å². The fourth-order valence-electron chi connectivity index (χ4n) is 4.19. The largest absolute Gasteiger partial charge is 0.496 e. The minimum absolute atomic E-state index is 0.127. The Morgan fingerprint density at radius 2 is 1.91 bits per heavy atom. The van der Waals surface area contributed by atoms with E-state index in [1.54, 1.807) is 28.6 Å². The second-order valence-electron chi connectivity index (χ2n) is 7.94. The summed E-state index contributed by atoms with van der Waals surface area (Å²) in [5.41, 5.74) is 2.36. The number of fused-ring (bicyclic) bond motifs is 4. The number of rotatable bonds is 5. The lowest BCUT2D eigenvalue weighted by Crippen LogP contribution is -2.21. The van der Waals surface area contributed by atoms with Gasteiger partial charge in [-0.3, -0.25) is 4.79 Å². The molecule has 0 saturated heterocycles. The van der Waals surface area contributed by atoms with Gasteiger partial charge in [-0.2, -0.15) is 9.50 Å². The average Bonchev–Trinajstić information content (AvgIpc) is 3.33. The maximum Gasteiger partial charge on any atom is 0.261 e. The molecular weight excluding hydrogens is 434 g/mol. The average molecular weight is 455 g/mol. The minimum Gasteiger partial charge on any atom is -0.496 e. The van der Waals surface area contributed by atoms with Gasteiger partial charge in [0.15, 0.2) is 17.3 Å². The Hall–Kier alpha value is -4.40. The lowest BCUT2D eigenvalue weighted by Gasteiger charge is -2.18. The van der Waals surface area contributed by atoms with Crippen molar-refractivity contribution in [1.82, 2.24) is 24.1 Å². The highest BCUT2D eigenvalue weighted by Gasteiger charge is 2.17. The zero-order valence-corrected chi connectivity index (χ0v) is 18.5. The zero-order chi connectivity index (χ0) is 23.1. The molecule has 0 N–H and O–H groups in total. The molecule has 0 amide bonds. The number of ether oxygens (including phenoxy) is 3. The molecule has 3 aromatic heterocycles. The van der Waals surface area contributed by atoms with Gasteiger partial charge in [0.1, 0.15) is 19.0 Å². The summed E-state index contributed by atoms with van der Waals surface area (Å²) in [6.45, 7) is 1.56. The van der Waals surface area contributed by atoms with Crippen molar-refractivity contribution >= 4 is 16.7 Å². The number of hydrogen-bond donors (Lipinski definition) is 0.